The average Bonchev–Trinajstić information content (AvgIpc) is 2.97. The van der Waals surface area contributed by atoms with Crippen LogP contribution >= 0.6 is 24.0 Å². The molecule has 0 N–H and O–H groups in total. The largest absolute Gasteiger partial charge is 0.493 e. The molecule has 1 aromatic carbocycles. The highest BCUT2D eigenvalue weighted by atomic mass is 32.2. The van der Waals surface area contributed by atoms with Crippen LogP contribution < -0.4 is 9.47 Å². The Labute approximate surface area is 176 Å². The van der Waals surface area contributed by atoms with E-state index in [1.165, 1.54) is 11.8 Å². The number of nitrogens with zero attached hydrogens (tertiary/aromatic N) is 3. The Hall–Kier alpha value is -1.61. The van der Waals surface area contributed by atoms with Gasteiger partial charge in [-0.1, -0.05) is 43.4 Å². The number of thiocarbonyl (C=S) groups is 1. The molecule has 0 atom stereocenters. The van der Waals surface area contributed by atoms with Crippen molar-refractivity contribution in [3.63, 3.8) is 0 Å². The number of amides is 1. The van der Waals surface area contributed by atoms with Crippen LogP contribution in [0.5, 0.6) is 11.5 Å². The van der Waals surface area contributed by atoms with Gasteiger partial charge in [0.05, 0.1) is 18.6 Å². The van der Waals surface area contributed by atoms with Gasteiger partial charge in [-0.2, -0.15) is 0 Å². The molecule has 2 aliphatic rings. The van der Waals surface area contributed by atoms with Gasteiger partial charge in [0, 0.05) is 26.2 Å². The van der Waals surface area contributed by atoms with Gasteiger partial charge in [0.1, 0.15) is 0 Å². The van der Waals surface area contributed by atoms with Crippen molar-refractivity contribution in [2.45, 2.75) is 19.8 Å². The van der Waals surface area contributed by atoms with Crippen LogP contribution in [-0.4, -0.2) is 72.1 Å². The third-order valence-corrected chi connectivity index (χ3v) is 6.06. The minimum atomic E-state index is -0.0539. The lowest BCUT2D eigenvalue weighted by Gasteiger charge is -2.37. The molecule has 6 nitrogen and oxygen atoms in total. The molecule has 152 valence electrons. The van der Waals surface area contributed by atoms with Gasteiger partial charge in [0.2, 0.25) is 0 Å². The lowest BCUT2D eigenvalue weighted by atomic mass is 10.2. The van der Waals surface area contributed by atoms with E-state index in [0.717, 1.165) is 50.3 Å². The van der Waals surface area contributed by atoms with Crippen LogP contribution in [0.15, 0.2) is 23.1 Å². The second-order valence-electron chi connectivity index (χ2n) is 6.86. The highest BCUT2D eigenvalue weighted by Crippen LogP contribution is 2.35. The molecule has 0 aliphatic carbocycles. The lowest BCUT2D eigenvalue weighted by molar-refractivity contribution is -0.135. The van der Waals surface area contributed by atoms with Gasteiger partial charge in [-0.25, -0.2) is 10.0 Å². The molecule has 0 bridgehead atoms. The number of thioether (sulfide) groups is 1. The molecule has 3 rings (SSSR count). The van der Waals surface area contributed by atoms with Crippen LogP contribution in [0.3, 0.4) is 0 Å². The number of likely N-dealkylation sites (N-methyl/N-ethyl adjacent to an activating group) is 1. The fourth-order valence-electron chi connectivity index (χ4n) is 3.07. The van der Waals surface area contributed by atoms with Crippen LogP contribution in [0.4, 0.5) is 0 Å². The SMILES string of the molecule is CCCCOc1ccc(C=C2SC(=S)N(N3CCN(C)CC3)C2=O)cc1OC. The number of methoxy groups -OCH3 is 1. The number of piperazine rings is 1. The Morgan fingerprint density at radius 2 is 1.96 bits per heavy atom. The number of carbonyl (C=O) groups excluding carboxylic acids is 1. The van der Waals surface area contributed by atoms with Gasteiger partial charge in [0.15, 0.2) is 15.8 Å². The van der Waals surface area contributed by atoms with E-state index in [9.17, 15) is 4.79 Å². The first-order valence-electron chi connectivity index (χ1n) is 9.55. The van der Waals surface area contributed by atoms with E-state index in [1.54, 1.807) is 12.1 Å². The molecular weight excluding hydrogens is 394 g/mol. The lowest BCUT2D eigenvalue weighted by Crippen LogP contribution is -2.54. The van der Waals surface area contributed by atoms with E-state index in [4.69, 9.17) is 21.7 Å². The summed E-state index contributed by atoms with van der Waals surface area (Å²) < 4.78 is 11.8. The standard InChI is InChI=1S/C20H27N3O3S2/c1-4-5-12-26-16-7-6-15(13-17(16)25-3)14-18-19(24)23(20(27)28-18)22-10-8-21(2)9-11-22/h6-7,13-14H,4-5,8-12H2,1-3H3. The molecule has 28 heavy (non-hydrogen) atoms. The topological polar surface area (TPSA) is 45.2 Å². The van der Waals surface area contributed by atoms with E-state index < -0.39 is 0 Å². The van der Waals surface area contributed by atoms with E-state index in [1.807, 2.05) is 29.3 Å². The Bertz CT molecular complexity index is 761. The fraction of sp³-hybridized carbons (Fsp3) is 0.500. The maximum atomic E-state index is 12.9. The summed E-state index contributed by atoms with van der Waals surface area (Å²) in [5.74, 6) is 1.33. The van der Waals surface area contributed by atoms with Gasteiger partial charge < -0.3 is 14.4 Å². The normalized spacial score (nSPS) is 20.2. The van der Waals surface area contributed by atoms with Gasteiger partial charge in [-0.15, -0.1) is 0 Å². The Morgan fingerprint density at radius 1 is 1.21 bits per heavy atom. The predicted octanol–water partition coefficient (Wildman–Crippen LogP) is 3.24. The molecule has 0 aromatic heterocycles. The minimum Gasteiger partial charge on any atom is -0.493 e. The number of carbonyl (C=O) groups is 1. The smallest absolute Gasteiger partial charge is 0.280 e. The molecule has 8 heteroatoms. The summed E-state index contributed by atoms with van der Waals surface area (Å²) in [6, 6.07) is 5.72. The van der Waals surface area contributed by atoms with Crippen LogP contribution in [0.2, 0.25) is 0 Å². The van der Waals surface area contributed by atoms with Gasteiger partial charge in [0.25, 0.3) is 5.91 Å². The molecule has 2 saturated heterocycles. The van der Waals surface area contributed by atoms with Crippen LogP contribution in [0, 0.1) is 0 Å². The Kier molecular flexibility index (Phi) is 7.34. The number of rotatable bonds is 7. The molecule has 1 aromatic rings. The number of hydrazine groups is 1. The summed E-state index contributed by atoms with van der Waals surface area (Å²) in [5.41, 5.74) is 0.888. The van der Waals surface area contributed by atoms with Crippen molar-refractivity contribution in [2.24, 2.45) is 0 Å². The van der Waals surface area contributed by atoms with Crippen LogP contribution in [-0.2, 0) is 4.79 Å². The van der Waals surface area contributed by atoms with Crippen molar-refractivity contribution in [3.05, 3.63) is 28.7 Å². The average molecular weight is 422 g/mol. The first-order chi connectivity index (χ1) is 13.5. The first kappa shape index (κ1) is 21.1. The third-order valence-electron chi connectivity index (χ3n) is 4.78. The van der Waals surface area contributed by atoms with Gasteiger partial charge in [-0.3, -0.25) is 4.79 Å². The maximum absolute atomic E-state index is 12.9. The Morgan fingerprint density at radius 3 is 2.64 bits per heavy atom. The summed E-state index contributed by atoms with van der Waals surface area (Å²) in [6.45, 7) is 6.24. The molecule has 2 fully saturated rings. The van der Waals surface area contributed by atoms with Crippen molar-refractivity contribution in [2.75, 3.05) is 46.9 Å². The van der Waals surface area contributed by atoms with Crippen LogP contribution in [0.25, 0.3) is 6.08 Å². The van der Waals surface area contributed by atoms with E-state index in [-0.39, 0.29) is 5.91 Å². The quantitative estimate of drug-likeness (QED) is 0.380. The summed E-state index contributed by atoms with van der Waals surface area (Å²) >= 11 is 6.82. The number of hydrogen-bond donors (Lipinski definition) is 0. The van der Waals surface area contributed by atoms with E-state index >= 15 is 0 Å². The zero-order valence-corrected chi connectivity index (χ0v) is 18.3. The summed E-state index contributed by atoms with van der Waals surface area (Å²) in [5, 5.41) is 3.70. The second kappa shape index (κ2) is 9.73. The number of ether oxygens (including phenoxy) is 2. The molecule has 1 amide bonds. The van der Waals surface area contributed by atoms with Gasteiger partial charge in [-0.05, 0) is 37.2 Å². The second-order valence-corrected chi connectivity index (χ2v) is 8.54. The first-order valence-corrected chi connectivity index (χ1v) is 10.8. The van der Waals surface area contributed by atoms with Crippen molar-refractivity contribution >= 4 is 40.3 Å². The number of hydrogen-bond acceptors (Lipinski definition) is 7. The zero-order chi connectivity index (χ0) is 20.1. The van der Waals surface area contributed by atoms with E-state index in [0.29, 0.717) is 21.6 Å². The molecule has 0 spiro atoms. The molecule has 0 unspecified atom stereocenters. The van der Waals surface area contributed by atoms with Gasteiger partial charge >= 0.3 is 0 Å². The zero-order valence-electron chi connectivity index (χ0n) is 16.6. The molecule has 0 radical (unpaired) electrons. The molecular formula is C20H27N3O3S2. The van der Waals surface area contributed by atoms with E-state index in [2.05, 4.69) is 18.9 Å². The molecule has 0 saturated carbocycles. The number of benzene rings is 1. The predicted molar refractivity (Wildman–Crippen MR) is 117 cm³/mol. The van der Waals surface area contributed by atoms with Crippen molar-refractivity contribution < 1.29 is 14.3 Å². The summed E-state index contributed by atoms with van der Waals surface area (Å²) in [6.07, 6.45) is 3.95. The minimum absolute atomic E-state index is 0.0539. The Balaban J connectivity index is 1.74. The fourth-order valence-corrected chi connectivity index (χ4v) is 4.38. The highest BCUT2D eigenvalue weighted by Gasteiger charge is 2.37. The molecule has 2 aliphatic heterocycles. The van der Waals surface area contributed by atoms with Crippen LogP contribution in [0.1, 0.15) is 25.3 Å². The monoisotopic (exact) mass is 421 g/mol. The highest BCUT2D eigenvalue weighted by molar-refractivity contribution is 8.26. The summed E-state index contributed by atoms with van der Waals surface area (Å²) in [7, 11) is 3.71. The third kappa shape index (κ3) is 4.86. The van der Waals surface area contributed by atoms with Crippen molar-refractivity contribution in [1.29, 1.82) is 0 Å². The molecule has 2 heterocycles. The van der Waals surface area contributed by atoms with Crippen molar-refractivity contribution in [3.8, 4) is 11.5 Å². The summed E-state index contributed by atoms with van der Waals surface area (Å²) in [4.78, 5) is 15.8. The number of unbranched alkanes of at least 4 members (excludes halogenated alkanes) is 1. The van der Waals surface area contributed by atoms with Crippen molar-refractivity contribution in [1.82, 2.24) is 14.9 Å². The maximum Gasteiger partial charge on any atom is 0.280 e.